The average Bonchev–Trinajstić information content (AvgIpc) is 2.57. The number of hydrogen-bond acceptors (Lipinski definition) is 3. The number of rotatable bonds is 7. The number of carbonyl (C=O) groups excluding carboxylic acids is 1. The Morgan fingerprint density at radius 1 is 1.25 bits per heavy atom. The van der Waals surface area contributed by atoms with E-state index in [4.69, 9.17) is 4.74 Å². The number of amides is 2. The topological polar surface area (TPSA) is 54.5 Å². The molecule has 0 aliphatic rings. The molecule has 0 radical (unpaired) electrons. The normalized spacial score (nSPS) is 11.8. The fraction of sp³-hybridized carbons (Fsp3) is 0.368. The average molecular weight is 327 g/mol. The van der Waals surface area contributed by atoms with E-state index < -0.39 is 0 Å². The van der Waals surface area contributed by atoms with E-state index in [1.54, 1.807) is 24.4 Å². The highest BCUT2D eigenvalue weighted by Crippen LogP contribution is 2.13. The molecular weight excluding hydrogens is 302 g/mol. The van der Waals surface area contributed by atoms with Gasteiger partial charge in [-0.15, -0.1) is 0 Å². The van der Waals surface area contributed by atoms with E-state index in [0.717, 1.165) is 11.1 Å². The third-order valence-electron chi connectivity index (χ3n) is 3.79. The van der Waals surface area contributed by atoms with Crippen molar-refractivity contribution < 1.29 is 9.53 Å². The lowest BCUT2D eigenvalue weighted by Crippen LogP contribution is -2.44. The summed E-state index contributed by atoms with van der Waals surface area (Å²) in [7, 11) is 1.63. The SMILES string of the molecule is COC[C@H](C)NC(=O)N(Cc1cccnc1)Cc1ccccc1C. The molecule has 0 fully saturated rings. The first-order valence-corrected chi connectivity index (χ1v) is 8.08. The third kappa shape index (κ3) is 5.35. The van der Waals surface area contributed by atoms with Gasteiger partial charge in [0.1, 0.15) is 0 Å². The fourth-order valence-electron chi connectivity index (χ4n) is 2.50. The van der Waals surface area contributed by atoms with Gasteiger partial charge >= 0.3 is 6.03 Å². The summed E-state index contributed by atoms with van der Waals surface area (Å²) in [5.41, 5.74) is 3.31. The minimum absolute atomic E-state index is 0.0456. The van der Waals surface area contributed by atoms with Crippen LogP contribution in [0.2, 0.25) is 0 Å². The van der Waals surface area contributed by atoms with Crippen molar-refractivity contribution >= 4 is 6.03 Å². The Hall–Kier alpha value is -2.40. The maximum absolute atomic E-state index is 12.7. The highest BCUT2D eigenvalue weighted by Gasteiger charge is 2.17. The van der Waals surface area contributed by atoms with E-state index in [1.807, 2.05) is 31.2 Å². The van der Waals surface area contributed by atoms with E-state index in [-0.39, 0.29) is 12.1 Å². The smallest absolute Gasteiger partial charge is 0.318 e. The highest BCUT2D eigenvalue weighted by molar-refractivity contribution is 5.74. The molecule has 24 heavy (non-hydrogen) atoms. The predicted molar refractivity (Wildman–Crippen MR) is 94.5 cm³/mol. The standard InChI is InChI=1S/C19H25N3O2/c1-15-7-4-5-9-18(15)13-22(12-17-8-6-10-20-11-17)19(23)21-16(2)14-24-3/h4-11,16H,12-14H2,1-3H3,(H,21,23)/t16-/m0/s1. The lowest BCUT2D eigenvalue weighted by molar-refractivity contribution is 0.156. The van der Waals surface area contributed by atoms with Crippen LogP contribution < -0.4 is 5.32 Å². The molecule has 0 aliphatic carbocycles. The Kier molecular flexibility index (Phi) is 6.75. The Balaban J connectivity index is 2.14. The second-order valence-corrected chi connectivity index (χ2v) is 5.95. The summed E-state index contributed by atoms with van der Waals surface area (Å²) >= 11 is 0. The molecule has 1 aromatic carbocycles. The number of carbonyl (C=O) groups is 1. The van der Waals surface area contributed by atoms with Gasteiger partial charge in [-0.05, 0) is 36.6 Å². The highest BCUT2D eigenvalue weighted by atomic mass is 16.5. The molecule has 0 saturated heterocycles. The van der Waals surface area contributed by atoms with Gasteiger partial charge < -0.3 is 15.0 Å². The lowest BCUT2D eigenvalue weighted by atomic mass is 10.1. The van der Waals surface area contributed by atoms with Crippen LogP contribution in [0.5, 0.6) is 0 Å². The quantitative estimate of drug-likeness (QED) is 0.850. The van der Waals surface area contributed by atoms with Gasteiger partial charge in [-0.25, -0.2) is 4.79 Å². The van der Waals surface area contributed by atoms with Crippen LogP contribution in [-0.4, -0.2) is 35.7 Å². The molecule has 2 amide bonds. The second kappa shape index (κ2) is 9.03. The first-order valence-electron chi connectivity index (χ1n) is 8.08. The van der Waals surface area contributed by atoms with Crippen molar-refractivity contribution in [2.24, 2.45) is 0 Å². The van der Waals surface area contributed by atoms with Gasteiger partial charge in [0.15, 0.2) is 0 Å². The zero-order valence-corrected chi connectivity index (χ0v) is 14.5. The zero-order chi connectivity index (χ0) is 17.4. The largest absolute Gasteiger partial charge is 0.383 e. The summed E-state index contributed by atoms with van der Waals surface area (Å²) in [5.74, 6) is 0. The molecule has 5 heteroatoms. The number of ether oxygens (including phenoxy) is 1. The van der Waals surface area contributed by atoms with Gasteiger partial charge in [0.2, 0.25) is 0 Å². The summed E-state index contributed by atoms with van der Waals surface area (Å²) in [6, 6.07) is 11.8. The van der Waals surface area contributed by atoms with Gasteiger partial charge in [0.25, 0.3) is 0 Å². The van der Waals surface area contributed by atoms with Crippen LogP contribution in [0.1, 0.15) is 23.6 Å². The lowest BCUT2D eigenvalue weighted by Gasteiger charge is -2.26. The van der Waals surface area contributed by atoms with Gasteiger partial charge in [0.05, 0.1) is 12.6 Å². The zero-order valence-electron chi connectivity index (χ0n) is 14.5. The van der Waals surface area contributed by atoms with Gasteiger partial charge in [-0.1, -0.05) is 30.3 Å². The number of nitrogens with zero attached hydrogens (tertiary/aromatic N) is 2. The minimum Gasteiger partial charge on any atom is -0.383 e. The van der Waals surface area contributed by atoms with Crippen LogP contribution in [0.25, 0.3) is 0 Å². The van der Waals surface area contributed by atoms with Crippen LogP contribution in [0.4, 0.5) is 4.79 Å². The Bertz CT molecular complexity index is 646. The number of methoxy groups -OCH3 is 1. The van der Waals surface area contributed by atoms with E-state index in [2.05, 4.69) is 29.4 Å². The molecular formula is C19H25N3O2. The van der Waals surface area contributed by atoms with Crippen molar-refractivity contribution in [3.05, 3.63) is 65.5 Å². The molecule has 1 N–H and O–H groups in total. The summed E-state index contributed by atoms with van der Waals surface area (Å²) in [4.78, 5) is 18.6. The van der Waals surface area contributed by atoms with E-state index in [9.17, 15) is 4.79 Å². The molecule has 0 bridgehead atoms. The molecule has 5 nitrogen and oxygen atoms in total. The molecule has 1 aromatic heterocycles. The van der Waals surface area contributed by atoms with Crippen LogP contribution in [0.3, 0.4) is 0 Å². The van der Waals surface area contributed by atoms with Crippen molar-refractivity contribution in [3.63, 3.8) is 0 Å². The first-order chi connectivity index (χ1) is 11.6. The molecule has 2 rings (SSSR count). The maximum Gasteiger partial charge on any atom is 0.318 e. The van der Waals surface area contributed by atoms with E-state index >= 15 is 0 Å². The molecule has 0 saturated carbocycles. The molecule has 1 heterocycles. The van der Waals surface area contributed by atoms with Crippen molar-refractivity contribution in [3.8, 4) is 0 Å². The van der Waals surface area contributed by atoms with Crippen molar-refractivity contribution in [2.75, 3.05) is 13.7 Å². The van der Waals surface area contributed by atoms with Crippen LogP contribution in [0.15, 0.2) is 48.8 Å². The second-order valence-electron chi connectivity index (χ2n) is 5.95. The monoisotopic (exact) mass is 327 g/mol. The molecule has 1 atom stereocenters. The Morgan fingerprint density at radius 2 is 2.04 bits per heavy atom. The van der Waals surface area contributed by atoms with Crippen LogP contribution >= 0.6 is 0 Å². The Labute approximate surface area is 143 Å². The minimum atomic E-state index is -0.105. The summed E-state index contributed by atoms with van der Waals surface area (Å²) in [6.45, 7) is 5.53. The van der Waals surface area contributed by atoms with Crippen molar-refractivity contribution in [1.29, 1.82) is 0 Å². The maximum atomic E-state index is 12.7. The molecule has 128 valence electrons. The molecule has 0 unspecified atom stereocenters. The molecule has 2 aromatic rings. The number of aryl methyl sites for hydroxylation is 1. The van der Waals surface area contributed by atoms with E-state index in [1.165, 1.54) is 5.56 Å². The van der Waals surface area contributed by atoms with Crippen molar-refractivity contribution in [2.45, 2.75) is 33.0 Å². The van der Waals surface area contributed by atoms with Gasteiger partial charge in [0, 0.05) is 32.6 Å². The fourth-order valence-corrected chi connectivity index (χ4v) is 2.50. The van der Waals surface area contributed by atoms with Crippen LogP contribution in [0, 0.1) is 6.92 Å². The molecule has 0 aliphatic heterocycles. The van der Waals surface area contributed by atoms with Crippen LogP contribution in [-0.2, 0) is 17.8 Å². The number of pyridine rings is 1. The number of aromatic nitrogens is 1. The number of benzene rings is 1. The van der Waals surface area contributed by atoms with E-state index in [0.29, 0.717) is 19.7 Å². The van der Waals surface area contributed by atoms with Crippen molar-refractivity contribution in [1.82, 2.24) is 15.2 Å². The number of urea groups is 1. The van der Waals surface area contributed by atoms with Gasteiger partial charge in [-0.3, -0.25) is 4.98 Å². The third-order valence-corrected chi connectivity index (χ3v) is 3.79. The summed E-state index contributed by atoms with van der Waals surface area (Å²) < 4.78 is 5.10. The number of hydrogen-bond donors (Lipinski definition) is 1. The number of nitrogens with one attached hydrogen (secondary N) is 1. The van der Waals surface area contributed by atoms with Gasteiger partial charge in [-0.2, -0.15) is 0 Å². The first kappa shape index (κ1) is 17.9. The Morgan fingerprint density at radius 3 is 2.71 bits per heavy atom. The summed E-state index contributed by atoms with van der Waals surface area (Å²) in [5, 5.41) is 2.98. The predicted octanol–water partition coefficient (Wildman–Crippen LogP) is 3.14. The molecule has 0 spiro atoms. The summed E-state index contributed by atoms with van der Waals surface area (Å²) in [6.07, 6.45) is 3.52.